The molecule has 0 amide bonds. The quantitative estimate of drug-likeness (QED) is 0.515. The molecule has 0 aliphatic carbocycles. The molecular formula is C14H15N5OS. The first kappa shape index (κ1) is 13.8. The lowest BCUT2D eigenvalue weighted by Gasteiger charge is -2.04. The number of thioether (sulfide) groups is 1. The van der Waals surface area contributed by atoms with Gasteiger partial charge in [0.25, 0.3) is 0 Å². The van der Waals surface area contributed by atoms with E-state index in [0.717, 1.165) is 12.1 Å². The summed E-state index contributed by atoms with van der Waals surface area (Å²) in [5.74, 6) is 2.01. The zero-order chi connectivity index (χ0) is 14.5. The van der Waals surface area contributed by atoms with Gasteiger partial charge in [0.05, 0.1) is 12.3 Å². The van der Waals surface area contributed by atoms with Crippen LogP contribution in [0.4, 0.5) is 0 Å². The van der Waals surface area contributed by atoms with Crippen LogP contribution in [0, 0.1) is 0 Å². The van der Waals surface area contributed by atoms with Crippen molar-refractivity contribution in [3.05, 3.63) is 42.6 Å². The molecule has 0 atom stereocenters. The Labute approximate surface area is 126 Å². The third-order valence-corrected chi connectivity index (χ3v) is 3.59. The van der Waals surface area contributed by atoms with E-state index >= 15 is 0 Å². The van der Waals surface area contributed by atoms with E-state index in [1.807, 2.05) is 22.9 Å². The Morgan fingerprint density at radius 1 is 1.24 bits per heavy atom. The van der Waals surface area contributed by atoms with Gasteiger partial charge in [0.2, 0.25) is 11.7 Å². The van der Waals surface area contributed by atoms with E-state index in [4.69, 9.17) is 4.74 Å². The number of fused-ring (bicyclic) bond motifs is 1. The van der Waals surface area contributed by atoms with Crippen molar-refractivity contribution in [2.24, 2.45) is 0 Å². The van der Waals surface area contributed by atoms with Crippen LogP contribution in [-0.2, 0) is 5.75 Å². The molecule has 0 N–H and O–H groups in total. The summed E-state index contributed by atoms with van der Waals surface area (Å²) < 4.78 is 7.40. The van der Waals surface area contributed by atoms with Gasteiger partial charge in [-0.1, -0.05) is 18.7 Å². The predicted molar refractivity (Wildman–Crippen MR) is 80.4 cm³/mol. The predicted octanol–water partition coefficient (Wildman–Crippen LogP) is 2.60. The molecule has 0 saturated heterocycles. The fourth-order valence-electron chi connectivity index (χ4n) is 1.77. The molecule has 0 aliphatic rings. The zero-order valence-electron chi connectivity index (χ0n) is 11.6. The van der Waals surface area contributed by atoms with E-state index in [2.05, 4.69) is 26.9 Å². The summed E-state index contributed by atoms with van der Waals surface area (Å²) in [4.78, 5) is 17.2. The van der Waals surface area contributed by atoms with Gasteiger partial charge < -0.3 is 4.74 Å². The molecule has 0 aromatic carbocycles. The first-order valence-electron chi connectivity index (χ1n) is 6.72. The maximum Gasteiger partial charge on any atom is 0.233 e. The molecule has 3 heterocycles. The minimum absolute atomic E-state index is 0.617. The molecule has 3 aromatic heterocycles. The highest BCUT2D eigenvalue weighted by atomic mass is 32.2. The van der Waals surface area contributed by atoms with Crippen LogP contribution < -0.4 is 4.74 Å². The van der Waals surface area contributed by atoms with Crippen LogP contribution in [0.3, 0.4) is 0 Å². The maximum absolute atomic E-state index is 5.50. The van der Waals surface area contributed by atoms with Gasteiger partial charge in [0.1, 0.15) is 0 Å². The number of aromatic nitrogens is 5. The molecule has 21 heavy (non-hydrogen) atoms. The molecule has 0 bridgehead atoms. The van der Waals surface area contributed by atoms with Gasteiger partial charge in [-0.2, -0.15) is 4.98 Å². The summed E-state index contributed by atoms with van der Waals surface area (Å²) in [6, 6.07) is 3.65. The highest BCUT2D eigenvalue weighted by molar-refractivity contribution is 7.98. The fraction of sp³-hybridized carbons (Fsp3) is 0.286. The second-order valence-corrected chi connectivity index (χ2v) is 5.32. The number of hydrogen-bond acceptors (Lipinski definition) is 6. The normalized spacial score (nSPS) is 10.9. The van der Waals surface area contributed by atoms with Crippen molar-refractivity contribution in [3.63, 3.8) is 0 Å². The van der Waals surface area contributed by atoms with Gasteiger partial charge in [-0.15, -0.1) is 0 Å². The van der Waals surface area contributed by atoms with Crippen molar-refractivity contribution in [2.75, 3.05) is 6.61 Å². The van der Waals surface area contributed by atoms with E-state index in [-0.39, 0.29) is 0 Å². The van der Waals surface area contributed by atoms with E-state index in [9.17, 15) is 0 Å². The average Bonchev–Trinajstić information content (AvgIpc) is 2.94. The Bertz CT molecular complexity index is 697. The Morgan fingerprint density at radius 2 is 2.19 bits per heavy atom. The van der Waals surface area contributed by atoms with Crippen molar-refractivity contribution < 1.29 is 4.74 Å². The second kappa shape index (κ2) is 6.53. The fourth-order valence-corrected chi connectivity index (χ4v) is 2.48. The lowest BCUT2D eigenvalue weighted by molar-refractivity contribution is 0.302. The number of hydrogen-bond donors (Lipinski definition) is 0. The monoisotopic (exact) mass is 301 g/mol. The standard InChI is InChI=1S/C14H15N5OS/c1-2-8-20-12-4-6-16-14(18-12)21-10-11-9-19-7-3-5-15-13(19)17-11/h3-7,9H,2,8,10H2,1H3. The second-order valence-electron chi connectivity index (χ2n) is 4.37. The van der Waals surface area contributed by atoms with E-state index in [1.54, 1.807) is 18.5 Å². The lowest BCUT2D eigenvalue weighted by Crippen LogP contribution is -1.98. The SMILES string of the molecule is CCCOc1ccnc(SCc2cn3cccnc3n2)n1. The van der Waals surface area contributed by atoms with E-state index in [0.29, 0.717) is 29.2 Å². The van der Waals surface area contributed by atoms with Crippen molar-refractivity contribution in [3.8, 4) is 5.88 Å². The first-order chi connectivity index (χ1) is 10.3. The van der Waals surface area contributed by atoms with Crippen LogP contribution >= 0.6 is 11.8 Å². The number of nitrogens with zero attached hydrogens (tertiary/aromatic N) is 5. The average molecular weight is 301 g/mol. The van der Waals surface area contributed by atoms with Gasteiger partial charge in [0.15, 0.2) is 5.16 Å². The highest BCUT2D eigenvalue weighted by Crippen LogP contribution is 2.20. The van der Waals surface area contributed by atoms with Crippen LogP contribution in [0.5, 0.6) is 5.88 Å². The van der Waals surface area contributed by atoms with Crippen LogP contribution in [0.15, 0.2) is 42.1 Å². The van der Waals surface area contributed by atoms with E-state index in [1.165, 1.54) is 11.8 Å². The van der Waals surface area contributed by atoms with Crippen LogP contribution in [0.1, 0.15) is 19.0 Å². The highest BCUT2D eigenvalue weighted by Gasteiger charge is 2.05. The summed E-state index contributed by atoms with van der Waals surface area (Å²) in [5.41, 5.74) is 0.946. The molecule has 0 saturated carbocycles. The minimum Gasteiger partial charge on any atom is -0.478 e. The summed E-state index contributed by atoms with van der Waals surface area (Å²) in [5, 5.41) is 0.689. The Hall–Kier alpha value is -2.15. The van der Waals surface area contributed by atoms with Crippen molar-refractivity contribution in [1.29, 1.82) is 0 Å². The van der Waals surface area contributed by atoms with Crippen molar-refractivity contribution in [1.82, 2.24) is 24.3 Å². The molecule has 6 nitrogen and oxygen atoms in total. The molecule has 108 valence electrons. The smallest absolute Gasteiger partial charge is 0.233 e. The lowest BCUT2D eigenvalue weighted by atomic mass is 10.5. The summed E-state index contributed by atoms with van der Waals surface area (Å²) >= 11 is 1.53. The number of imidazole rings is 1. The Morgan fingerprint density at radius 3 is 3.05 bits per heavy atom. The minimum atomic E-state index is 0.617. The first-order valence-corrected chi connectivity index (χ1v) is 7.71. The van der Waals surface area contributed by atoms with Crippen LogP contribution in [-0.4, -0.2) is 30.9 Å². The number of rotatable bonds is 6. The van der Waals surface area contributed by atoms with Crippen LogP contribution in [0.25, 0.3) is 5.78 Å². The van der Waals surface area contributed by atoms with Gasteiger partial charge in [-0.05, 0) is 12.5 Å². The molecule has 3 aromatic rings. The van der Waals surface area contributed by atoms with Gasteiger partial charge in [0, 0.05) is 36.6 Å². The maximum atomic E-state index is 5.50. The van der Waals surface area contributed by atoms with Gasteiger partial charge >= 0.3 is 0 Å². The molecule has 0 unspecified atom stereocenters. The van der Waals surface area contributed by atoms with Gasteiger partial charge in [-0.3, -0.25) is 4.40 Å². The molecule has 0 spiro atoms. The molecule has 7 heteroatoms. The third kappa shape index (κ3) is 3.49. The largest absolute Gasteiger partial charge is 0.478 e. The summed E-state index contributed by atoms with van der Waals surface area (Å²) in [6.07, 6.45) is 8.30. The summed E-state index contributed by atoms with van der Waals surface area (Å²) in [7, 11) is 0. The molecule has 0 aliphatic heterocycles. The van der Waals surface area contributed by atoms with Crippen molar-refractivity contribution in [2.45, 2.75) is 24.3 Å². The summed E-state index contributed by atoms with van der Waals surface area (Å²) in [6.45, 7) is 2.73. The molecule has 3 rings (SSSR count). The molecular weight excluding hydrogens is 286 g/mol. The van der Waals surface area contributed by atoms with E-state index < -0.39 is 0 Å². The zero-order valence-corrected chi connectivity index (χ0v) is 12.5. The third-order valence-electron chi connectivity index (χ3n) is 2.70. The Balaban J connectivity index is 1.66. The van der Waals surface area contributed by atoms with Gasteiger partial charge in [-0.25, -0.2) is 15.0 Å². The molecule has 0 fully saturated rings. The number of ether oxygens (including phenoxy) is 1. The topological polar surface area (TPSA) is 65.2 Å². The van der Waals surface area contributed by atoms with Crippen LogP contribution in [0.2, 0.25) is 0 Å². The molecule has 0 radical (unpaired) electrons. The van der Waals surface area contributed by atoms with Crippen molar-refractivity contribution >= 4 is 17.5 Å². The Kier molecular flexibility index (Phi) is 4.30.